The molecule has 1 aromatic heterocycles. The fourth-order valence-electron chi connectivity index (χ4n) is 2.76. The molecule has 0 atom stereocenters. The Kier molecular flexibility index (Phi) is 6.84. The summed E-state index contributed by atoms with van der Waals surface area (Å²) in [7, 11) is 0. The van der Waals surface area contributed by atoms with Crippen LogP contribution in [0.1, 0.15) is 15.9 Å². The summed E-state index contributed by atoms with van der Waals surface area (Å²) < 4.78 is 5.46. The van der Waals surface area contributed by atoms with Crippen LogP contribution in [0.25, 0.3) is 11.0 Å². The third-order valence-corrected chi connectivity index (χ3v) is 5.43. The van der Waals surface area contributed by atoms with Crippen LogP contribution in [0.15, 0.2) is 83.1 Å². The number of nitrogens with zero attached hydrogens (tertiary/aromatic N) is 2. The highest BCUT2D eigenvalue weighted by atomic mass is 35.5. The van der Waals surface area contributed by atoms with Gasteiger partial charge in [0.1, 0.15) is 5.75 Å². The van der Waals surface area contributed by atoms with Crippen LogP contribution in [0.2, 0.25) is 5.02 Å². The predicted molar refractivity (Wildman–Crippen MR) is 125 cm³/mol. The fourth-order valence-corrected chi connectivity index (χ4v) is 3.57. The molecule has 3 aromatic carbocycles. The first-order valence-corrected chi connectivity index (χ1v) is 10.9. The van der Waals surface area contributed by atoms with Crippen molar-refractivity contribution in [2.24, 2.45) is 5.10 Å². The molecule has 0 aliphatic rings. The number of halogens is 1. The normalized spacial score (nSPS) is 11.0. The highest BCUT2D eigenvalue weighted by Gasteiger charge is 2.11. The highest BCUT2D eigenvalue weighted by Crippen LogP contribution is 2.20. The molecule has 0 aliphatic carbocycles. The number of para-hydroxylation sites is 3. The number of imidazole rings is 1. The number of aromatic amines is 1. The van der Waals surface area contributed by atoms with Gasteiger partial charge in [-0.2, -0.15) is 5.10 Å². The molecule has 9 heteroatoms. The standard InChI is InChI=1S/C23H17ClN4O3S/c24-17-11-9-15(10-12-17)22(30)31-20-8-4-1-5-16(20)13-25-28-21(29)14-32-23-26-18-6-2-3-7-19(18)27-23/h1-13H,14H2,(H,26,27)(H,28,29)/b25-13-. The van der Waals surface area contributed by atoms with Crippen molar-refractivity contribution in [3.8, 4) is 5.75 Å². The second-order valence-electron chi connectivity index (χ2n) is 6.58. The molecule has 0 radical (unpaired) electrons. The Morgan fingerprint density at radius 3 is 2.62 bits per heavy atom. The number of esters is 1. The lowest BCUT2D eigenvalue weighted by molar-refractivity contribution is -0.118. The van der Waals surface area contributed by atoms with Crippen LogP contribution < -0.4 is 10.2 Å². The number of rotatable bonds is 7. The SMILES string of the molecule is O=C(CSc1nc2ccccc2[nH]1)N/N=C\c1ccccc1OC(=O)c1ccc(Cl)cc1. The number of carbonyl (C=O) groups is 2. The van der Waals surface area contributed by atoms with E-state index in [1.165, 1.54) is 18.0 Å². The second-order valence-corrected chi connectivity index (χ2v) is 7.98. The van der Waals surface area contributed by atoms with Gasteiger partial charge >= 0.3 is 5.97 Å². The quantitative estimate of drug-likeness (QED) is 0.136. The van der Waals surface area contributed by atoms with Crippen molar-refractivity contribution in [1.82, 2.24) is 15.4 Å². The van der Waals surface area contributed by atoms with Gasteiger partial charge in [0.25, 0.3) is 5.91 Å². The second kappa shape index (κ2) is 10.1. The minimum absolute atomic E-state index is 0.143. The Balaban J connectivity index is 1.33. The van der Waals surface area contributed by atoms with Gasteiger partial charge in [0, 0.05) is 10.6 Å². The van der Waals surface area contributed by atoms with Crippen LogP contribution in [0.4, 0.5) is 0 Å². The first-order valence-electron chi connectivity index (χ1n) is 9.55. The zero-order valence-electron chi connectivity index (χ0n) is 16.6. The molecular formula is C23H17ClN4O3S. The molecule has 0 saturated carbocycles. The Bertz CT molecular complexity index is 1250. The van der Waals surface area contributed by atoms with Crippen molar-refractivity contribution in [2.75, 3.05) is 5.75 Å². The molecular weight excluding hydrogens is 448 g/mol. The number of carbonyl (C=O) groups excluding carboxylic acids is 2. The molecule has 0 saturated heterocycles. The summed E-state index contributed by atoms with van der Waals surface area (Å²) in [5.41, 5.74) is 5.14. The van der Waals surface area contributed by atoms with Crippen LogP contribution in [0, 0.1) is 0 Å². The van der Waals surface area contributed by atoms with E-state index in [1.807, 2.05) is 24.3 Å². The van der Waals surface area contributed by atoms with Gasteiger partial charge in [0.15, 0.2) is 5.16 Å². The molecule has 32 heavy (non-hydrogen) atoms. The summed E-state index contributed by atoms with van der Waals surface area (Å²) in [5.74, 6) is -0.345. The van der Waals surface area contributed by atoms with Crippen LogP contribution in [0.3, 0.4) is 0 Å². The number of hydrazone groups is 1. The van der Waals surface area contributed by atoms with Crippen LogP contribution in [-0.4, -0.2) is 33.8 Å². The number of thioether (sulfide) groups is 1. The maximum atomic E-state index is 12.4. The van der Waals surface area contributed by atoms with Crippen molar-refractivity contribution in [1.29, 1.82) is 0 Å². The summed E-state index contributed by atoms with van der Waals surface area (Å²) in [4.78, 5) is 32.0. The van der Waals surface area contributed by atoms with Crippen molar-refractivity contribution < 1.29 is 14.3 Å². The Morgan fingerprint density at radius 2 is 1.81 bits per heavy atom. The summed E-state index contributed by atoms with van der Waals surface area (Å²) in [6.45, 7) is 0. The van der Waals surface area contributed by atoms with E-state index < -0.39 is 5.97 Å². The largest absolute Gasteiger partial charge is 0.422 e. The molecule has 0 spiro atoms. The van der Waals surface area contributed by atoms with E-state index >= 15 is 0 Å². The number of hydrogen-bond donors (Lipinski definition) is 2. The third kappa shape index (κ3) is 5.54. The first-order chi connectivity index (χ1) is 15.6. The average Bonchev–Trinajstić information content (AvgIpc) is 3.22. The zero-order chi connectivity index (χ0) is 22.3. The molecule has 1 amide bonds. The molecule has 0 bridgehead atoms. The minimum atomic E-state index is -0.520. The third-order valence-electron chi connectivity index (χ3n) is 4.30. The molecule has 4 aromatic rings. The van der Waals surface area contributed by atoms with Gasteiger partial charge in [-0.05, 0) is 48.5 Å². The number of aromatic nitrogens is 2. The number of H-pyrrole nitrogens is 1. The maximum Gasteiger partial charge on any atom is 0.343 e. The summed E-state index contributed by atoms with van der Waals surface area (Å²) in [5, 5.41) is 5.16. The Labute approximate surface area is 192 Å². The molecule has 4 rings (SSSR count). The molecule has 0 unspecified atom stereocenters. The van der Waals surface area contributed by atoms with E-state index in [0.29, 0.717) is 27.1 Å². The van der Waals surface area contributed by atoms with Gasteiger partial charge in [-0.25, -0.2) is 15.2 Å². The van der Waals surface area contributed by atoms with E-state index in [2.05, 4.69) is 20.5 Å². The van der Waals surface area contributed by atoms with Crippen LogP contribution >= 0.6 is 23.4 Å². The lowest BCUT2D eigenvalue weighted by atomic mass is 10.2. The molecule has 0 aliphatic heterocycles. The van der Waals surface area contributed by atoms with Gasteiger partial charge in [0.2, 0.25) is 0 Å². The van der Waals surface area contributed by atoms with Gasteiger partial charge in [-0.15, -0.1) is 0 Å². The summed E-state index contributed by atoms with van der Waals surface area (Å²) >= 11 is 7.13. The predicted octanol–water partition coefficient (Wildman–Crippen LogP) is 4.68. The molecule has 1 heterocycles. The van der Waals surface area contributed by atoms with Crippen molar-refractivity contribution >= 4 is 52.5 Å². The number of nitrogens with one attached hydrogen (secondary N) is 2. The first kappa shape index (κ1) is 21.6. The maximum absolute atomic E-state index is 12.4. The van der Waals surface area contributed by atoms with E-state index in [9.17, 15) is 9.59 Å². The molecule has 7 nitrogen and oxygen atoms in total. The van der Waals surface area contributed by atoms with E-state index in [4.69, 9.17) is 16.3 Å². The molecule has 2 N–H and O–H groups in total. The van der Waals surface area contributed by atoms with Gasteiger partial charge < -0.3 is 9.72 Å². The zero-order valence-corrected chi connectivity index (χ0v) is 18.2. The van der Waals surface area contributed by atoms with E-state index in [0.717, 1.165) is 11.0 Å². The van der Waals surface area contributed by atoms with Crippen LogP contribution in [0.5, 0.6) is 5.75 Å². The van der Waals surface area contributed by atoms with Crippen LogP contribution in [-0.2, 0) is 4.79 Å². The lowest BCUT2D eigenvalue weighted by Gasteiger charge is -2.07. The number of hydrogen-bond acceptors (Lipinski definition) is 6. The van der Waals surface area contributed by atoms with Crippen molar-refractivity contribution in [3.05, 3.63) is 88.9 Å². The number of ether oxygens (including phenoxy) is 1. The topological polar surface area (TPSA) is 96.4 Å². The van der Waals surface area contributed by atoms with E-state index in [-0.39, 0.29) is 11.7 Å². The van der Waals surface area contributed by atoms with Gasteiger partial charge in [-0.3, -0.25) is 4.79 Å². The molecule has 160 valence electrons. The molecule has 0 fully saturated rings. The number of amides is 1. The van der Waals surface area contributed by atoms with Gasteiger partial charge in [-0.1, -0.05) is 47.6 Å². The van der Waals surface area contributed by atoms with Crippen molar-refractivity contribution in [2.45, 2.75) is 5.16 Å². The highest BCUT2D eigenvalue weighted by molar-refractivity contribution is 7.99. The summed E-state index contributed by atoms with van der Waals surface area (Å²) in [6, 6.07) is 20.9. The average molecular weight is 465 g/mol. The Hall–Kier alpha value is -3.62. The fraction of sp³-hybridized carbons (Fsp3) is 0.0435. The minimum Gasteiger partial charge on any atom is -0.422 e. The number of fused-ring (bicyclic) bond motifs is 1. The number of benzene rings is 3. The summed E-state index contributed by atoms with van der Waals surface area (Å²) in [6.07, 6.45) is 1.42. The van der Waals surface area contributed by atoms with Gasteiger partial charge in [0.05, 0.1) is 28.6 Å². The van der Waals surface area contributed by atoms with E-state index in [1.54, 1.807) is 48.5 Å². The van der Waals surface area contributed by atoms with Crippen molar-refractivity contribution in [3.63, 3.8) is 0 Å². The Morgan fingerprint density at radius 1 is 1.06 bits per heavy atom. The monoisotopic (exact) mass is 464 g/mol. The smallest absolute Gasteiger partial charge is 0.343 e. The lowest BCUT2D eigenvalue weighted by Crippen LogP contribution is -2.19.